The second-order valence-corrected chi connectivity index (χ2v) is 17.3. The van der Waals surface area contributed by atoms with Gasteiger partial charge in [0.2, 0.25) is 5.91 Å². The molecular formula is C44H54N8O6. The second-order valence-electron chi connectivity index (χ2n) is 17.3. The molecule has 2 fully saturated rings. The van der Waals surface area contributed by atoms with E-state index in [1.165, 1.54) is 29.2 Å². The van der Waals surface area contributed by atoms with Crippen molar-refractivity contribution in [3.63, 3.8) is 0 Å². The van der Waals surface area contributed by atoms with Crippen LogP contribution in [0.2, 0.25) is 0 Å². The summed E-state index contributed by atoms with van der Waals surface area (Å²) < 4.78 is 15.2. The van der Waals surface area contributed by atoms with Crippen LogP contribution in [0, 0.1) is 12.3 Å². The lowest BCUT2D eigenvalue weighted by Crippen LogP contribution is -2.46. The molecule has 5 aromatic rings. The Kier molecular flexibility index (Phi) is 11.1. The smallest absolute Gasteiger partial charge is 0.330 e. The number of carbonyl (C=O) groups is 1. The number of benzene rings is 2. The van der Waals surface area contributed by atoms with Crippen LogP contribution in [0.5, 0.6) is 5.75 Å². The molecule has 1 aliphatic heterocycles. The van der Waals surface area contributed by atoms with E-state index in [-0.39, 0.29) is 35.9 Å². The number of carbonyl (C=O) groups excluding carboxylic acids is 1. The number of hydrogen-bond acceptors (Lipinski definition) is 10. The molecule has 0 spiro atoms. The zero-order valence-electron chi connectivity index (χ0n) is 33.9. The highest BCUT2D eigenvalue weighted by molar-refractivity contribution is 5.82. The first-order valence-electron chi connectivity index (χ1n) is 20.8. The second kappa shape index (κ2) is 16.2. The summed E-state index contributed by atoms with van der Waals surface area (Å²) in [6.45, 7) is 9.40. The van der Waals surface area contributed by atoms with Crippen molar-refractivity contribution in [2.75, 3.05) is 13.2 Å². The summed E-state index contributed by atoms with van der Waals surface area (Å²) in [6.07, 6.45) is 10.8. The highest BCUT2D eigenvalue weighted by Gasteiger charge is 2.53. The van der Waals surface area contributed by atoms with Gasteiger partial charge in [-0.2, -0.15) is 0 Å². The first-order valence-corrected chi connectivity index (χ1v) is 20.8. The van der Waals surface area contributed by atoms with E-state index in [9.17, 15) is 19.5 Å². The molecule has 3 aliphatic rings. The Morgan fingerprint density at radius 2 is 1.79 bits per heavy atom. The normalized spacial score (nSPS) is 23.3. The van der Waals surface area contributed by atoms with Gasteiger partial charge in [0.15, 0.2) is 0 Å². The first-order chi connectivity index (χ1) is 27.9. The van der Waals surface area contributed by atoms with Gasteiger partial charge in [0.25, 0.3) is 5.56 Å². The summed E-state index contributed by atoms with van der Waals surface area (Å²) in [5.74, 6) is 1.10. The predicted octanol–water partition coefficient (Wildman–Crippen LogP) is 6.17. The van der Waals surface area contributed by atoms with E-state index in [1.807, 2.05) is 18.2 Å². The predicted molar refractivity (Wildman–Crippen MR) is 218 cm³/mol. The van der Waals surface area contributed by atoms with Crippen molar-refractivity contribution >= 4 is 16.9 Å². The standard InChI is InChI=1S/C44H54N8O6/c1-27-24-51(42(56)48-41(27)55)37-22-34(35(26-53)58-37)52-25-28(49-50-52)23-45-36(54)15-8-6-5-7-11-20-57-29-16-17-31-30(21-29)38-39(47-33-14-10-9-13-32(33)46-38)40-43(2,3)18-12-19-44(31,40)4/h9-10,13-14,16-17,21,24-25,34-35,37,40,53H,5-8,11-12,15,18-20,22-23,26H2,1-4H3,(H,45,54)(H,48,55,56)/t34-,35+,37+,40+,44+/m0/s1. The zero-order chi connectivity index (χ0) is 40.6. The van der Waals surface area contributed by atoms with E-state index in [2.05, 4.69) is 65.6 Å². The molecule has 4 heterocycles. The van der Waals surface area contributed by atoms with Crippen molar-refractivity contribution in [1.82, 2.24) is 39.8 Å². The highest BCUT2D eigenvalue weighted by Crippen LogP contribution is 2.62. The largest absolute Gasteiger partial charge is 0.494 e. The molecular weight excluding hydrogens is 737 g/mol. The third kappa shape index (κ3) is 7.71. The van der Waals surface area contributed by atoms with Crippen LogP contribution in [0.25, 0.3) is 22.3 Å². The summed E-state index contributed by atoms with van der Waals surface area (Å²) in [6, 6.07) is 14.4. The van der Waals surface area contributed by atoms with Gasteiger partial charge in [-0.3, -0.25) is 19.1 Å². The van der Waals surface area contributed by atoms with Gasteiger partial charge < -0.3 is 19.9 Å². The minimum Gasteiger partial charge on any atom is -0.494 e. The number of fused-ring (bicyclic) bond motifs is 7. The maximum absolute atomic E-state index is 12.6. The Bertz CT molecular complexity index is 2420. The third-order valence-corrected chi connectivity index (χ3v) is 12.7. The number of aliphatic hydroxyl groups excluding tert-OH is 1. The van der Waals surface area contributed by atoms with Crippen LogP contribution >= 0.6 is 0 Å². The molecule has 14 nitrogen and oxygen atoms in total. The van der Waals surface area contributed by atoms with E-state index < -0.39 is 23.6 Å². The van der Waals surface area contributed by atoms with Crippen molar-refractivity contribution in [1.29, 1.82) is 0 Å². The minimum absolute atomic E-state index is 0.0182. The van der Waals surface area contributed by atoms with Crippen molar-refractivity contribution in [2.24, 2.45) is 5.41 Å². The van der Waals surface area contributed by atoms with Crippen LogP contribution in [-0.4, -0.2) is 64.8 Å². The number of amides is 1. The molecule has 58 heavy (non-hydrogen) atoms. The summed E-state index contributed by atoms with van der Waals surface area (Å²) >= 11 is 0. The minimum atomic E-state index is -0.684. The van der Waals surface area contributed by atoms with Crippen LogP contribution in [0.1, 0.15) is 126 Å². The van der Waals surface area contributed by atoms with Gasteiger partial charge in [-0.05, 0) is 67.9 Å². The third-order valence-electron chi connectivity index (χ3n) is 12.7. The lowest BCUT2D eigenvalue weighted by Gasteiger charge is -2.53. The molecule has 14 heteroatoms. The quantitative estimate of drug-likeness (QED) is 0.110. The highest BCUT2D eigenvalue weighted by atomic mass is 16.5. The number of nitrogens with one attached hydrogen (secondary N) is 2. The Hall–Kier alpha value is -5.21. The van der Waals surface area contributed by atoms with E-state index in [4.69, 9.17) is 19.4 Å². The molecule has 1 amide bonds. The summed E-state index contributed by atoms with van der Waals surface area (Å²) in [7, 11) is 0. The van der Waals surface area contributed by atoms with Crippen molar-refractivity contribution in [2.45, 2.75) is 128 Å². The lowest BCUT2D eigenvalue weighted by molar-refractivity contribution is -0.121. The van der Waals surface area contributed by atoms with Crippen LogP contribution in [0.3, 0.4) is 0 Å². The molecule has 0 unspecified atom stereocenters. The molecule has 0 bridgehead atoms. The Balaban J connectivity index is 0.781. The maximum atomic E-state index is 12.6. The number of aromatic amines is 1. The fourth-order valence-electron chi connectivity index (χ4n) is 9.82. The zero-order valence-corrected chi connectivity index (χ0v) is 33.9. The topological polar surface area (TPSA) is 179 Å². The summed E-state index contributed by atoms with van der Waals surface area (Å²) in [5.41, 5.74) is 6.51. The number of aliphatic hydroxyl groups is 1. The van der Waals surface area contributed by atoms with Gasteiger partial charge in [0, 0.05) is 41.5 Å². The molecule has 5 atom stereocenters. The number of unbranched alkanes of at least 4 members (excludes halogenated alkanes) is 4. The molecule has 0 radical (unpaired) electrons. The SMILES string of the molecule is Cc1cn([C@H]2C[C@H](n3cc(CNC(=O)CCCCCCCOc4ccc5c(c4)-c4nc6ccccc6nc4[C@@H]4C(C)(C)CCC[C@]54C)nn3)[C@@H](CO)O2)c(=O)[nH]c1=O. The molecule has 2 aromatic carbocycles. The number of rotatable bonds is 14. The van der Waals surface area contributed by atoms with Gasteiger partial charge >= 0.3 is 5.69 Å². The summed E-state index contributed by atoms with van der Waals surface area (Å²) in [5, 5.41) is 21.3. The molecule has 1 saturated carbocycles. The Labute approximate surface area is 337 Å². The van der Waals surface area contributed by atoms with E-state index in [0.29, 0.717) is 36.6 Å². The molecule has 3 N–H and O–H groups in total. The van der Waals surface area contributed by atoms with E-state index in [1.54, 1.807) is 17.8 Å². The molecule has 1 saturated heterocycles. The number of H-pyrrole nitrogens is 1. The number of aryl methyl sites for hydroxylation is 1. The van der Waals surface area contributed by atoms with Gasteiger partial charge in [0.05, 0.1) is 54.4 Å². The number of ether oxygens (including phenoxy) is 2. The number of aromatic nitrogens is 7. The molecule has 2 aliphatic carbocycles. The molecule has 3 aromatic heterocycles. The van der Waals surface area contributed by atoms with Crippen LogP contribution < -0.4 is 21.3 Å². The monoisotopic (exact) mass is 790 g/mol. The average Bonchev–Trinajstić information content (AvgIpc) is 3.86. The average molecular weight is 791 g/mol. The van der Waals surface area contributed by atoms with Crippen LogP contribution in [0.4, 0.5) is 0 Å². The number of hydrogen-bond donors (Lipinski definition) is 3. The van der Waals surface area contributed by atoms with Crippen LogP contribution in [0.15, 0.2) is 64.4 Å². The van der Waals surface area contributed by atoms with Crippen LogP contribution in [-0.2, 0) is 21.5 Å². The number of nitrogens with zero attached hydrogens (tertiary/aromatic N) is 6. The maximum Gasteiger partial charge on any atom is 0.330 e. The van der Waals surface area contributed by atoms with Crippen molar-refractivity contribution in [3.05, 3.63) is 98.2 Å². The van der Waals surface area contributed by atoms with Crippen molar-refractivity contribution in [3.8, 4) is 17.0 Å². The lowest BCUT2D eigenvalue weighted by atomic mass is 9.50. The van der Waals surface area contributed by atoms with Gasteiger partial charge in [-0.1, -0.05) is 69.9 Å². The molecule has 8 rings (SSSR count). The van der Waals surface area contributed by atoms with Gasteiger partial charge in [-0.15, -0.1) is 5.10 Å². The fraction of sp³-hybridized carbons (Fsp3) is 0.523. The number of para-hydroxylation sites is 2. The summed E-state index contributed by atoms with van der Waals surface area (Å²) in [4.78, 5) is 49.6. The van der Waals surface area contributed by atoms with Gasteiger partial charge in [0.1, 0.15) is 23.8 Å². The fourth-order valence-corrected chi connectivity index (χ4v) is 9.82. The first kappa shape index (κ1) is 39.6. The molecule has 306 valence electrons. The van der Waals surface area contributed by atoms with E-state index >= 15 is 0 Å². The Morgan fingerprint density at radius 1 is 1.02 bits per heavy atom. The van der Waals surface area contributed by atoms with Crippen molar-refractivity contribution < 1.29 is 19.4 Å². The van der Waals surface area contributed by atoms with Gasteiger partial charge in [-0.25, -0.2) is 19.4 Å². The Morgan fingerprint density at radius 3 is 2.60 bits per heavy atom. The van der Waals surface area contributed by atoms with E-state index in [0.717, 1.165) is 72.3 Å².